The molecule has 0 unspecified atom stereocenters. The molecule has 0 radical (unpaired) electrons. The fourth-order valence-corrected chi connectivity index (χ4v) is 3.23. The van der Waals surface area contributed by atoms with Crippen molar-refractivity contribution >= 4 is 5.78 Å². The van der Waals surface area contributed by atoms with E-state index in [0.717, 1.165) is 24.3 Å². The van der Waals surface area contributed by atoms with Crippen LogP contribution in [0.2, 0.25) is 0 Å². The van der Waals surface area contributed by atoms with Crippen molar-refractivity contribution in [3.05, 3.63) is 70.8 Å². The lowest BCUT2D eigenvalue weighted by molar-refractivity contribution is -0.138. The Morgan fingerprint density at radius 1 is 0.633 bits per heavy atom. The van der Waals surface area contributed by atoms with Gasteiger partial charge in [-0.25, -0.2) is 0 Å². The van der Waals surface area contributed by atoms with Gasteiger partial charge in [-0.3, -0.25) is 4.79 Å². The van der Waals surface area contributed by atoms with E-state index in [-0.39, 0.29) is 5.78 Å². The normalized spacial score (nSPS) is 12.2. The molecule has 0 aliphatic carbocycles. The lowest BCUT2D eigenvalue weighted by Crippen LogP contribution is -2.05. The molecule has 0 N–H and O–H groups in total. The van der Waals surface area contributed by atoms with Gasteiger partial charge >= 0.3 is 12.4 Å². The number of unbranched alkanes of at least 4 members (excludes halogenated alkanes) is 2. The summed E-state index contributed by atoms with van der Waals surface area (Å²) in [5.41, 5.74) is -0.148. The number of alkyl halides is 6. The summed E-state index contributed by atoms with van der Waals surface area (Å²) in [6, 6.07) is 10.4. The first-order valence-corrected chi connectivity index (χ1v) is 9.89. The van der Waals surface area contributed by atoms with Crippen LogP contribution in [0.1, 0.15) is 60.8 Å². The molecule has 0 fully saturated rings. The molecule has 2 aromatic rings. The molecular formula is C23H24F6O. The zero-order chi connectivity index (χ0) is 22.2. The quantitative estimate of drug-likeness (QED) is 0.283. The number of rotatable bonds is 10. The number of halogens is 6. The second kappa shape index (κ2) is 10.6. The van der Waals surface area contributed by atoms with Gasteiger partial charge in [0.1, 0.15) is 5.78 Å². The molecular weight excluding hydrogens is 406 g/mol. The Morgan fingerprint density at radius 2 is 1.03 bits per heavy atom. The molecule has 0 spiro atoms. The van der Waals surface area contributed by atoms with Crippen LogP contribution >= 0.6 is 0 Å². The Morgan fingerprint density at radius 3 is 1.40 bits per heavy atom. The first-order valence-electron chi connectivity index (χ1n) is 9.89. The fourth-order valence-electron chi connectivity index (χ4n) is 3.23. The van der Waals surface area contributed by atoms with Crippen molar-refractivity contribution in [2.45, 2.75) is 63.7 Å². The van der Waals surface area contributed by atoms with Gasteiger partial charge in [-0.15, -0.1) is 0 Å². The number of benzene rings is 2. The highest BCUT2D eigenvalue weighted by molar-refractivity contribution is 5.78. The molecule has 7 heteroatoms. The summed E-state index contributed by atoms with van der Waals surface area (Å²) in [7, 11) is 0. The van der Waals surface area contributed by atoms with Crippen LogP contribution in [0.15, 0.2) is 48.5 Å². The maximum atomic E-state index is 12.7. The van der Waals surface area contributed by atoms with Crippen molar-refractivity contribution in [2.75, 3.05) is 0 Å². The first kappa shape index (κ1) is 24.0. The molecule has 0 aliphatic heterocycles. The highest BCUT2D eigenvalue weighted by atomic mass is 19.4. The van der Waals surface area contributed by atoms with Crippen LogP contribution in [-0.2, 0) is 30.0 Å². The van der Waals surface area contributed by atoms with Crippen molar-refractivity contribution in [3.8, 4) is 0 Å². The molecule has 2 aromatic carbocycles. The number of carbonyl (C=O) groups excluding carboxylic acids is 1. The Kier molecular flexibility index (Phi) is 8.50. The van der Waals surface area contributed by atoms with Gasteiger partial charge in [-0.2, -0.15) is 26.3 Å². The third-order valence-corrected chi connectivity index (χ3v) is 4.85. The third-order valence-electron chi connectivity index (χ3n) is 4.85. The number of hydrogen-bond donors (Lipinski definition) is 0. The summed E-state index contributed by atoms with van der Waals surface area (Å²) in [4.78, 5) is 11.9. The van der Waals surface area contributed by atoms with Crippen molar-refractivity contribution < 1.29 is 31.1 Å². The zero-order valence-electron chi connectivity index (χ0n) is 16.5. The van der Waals surface area contributed by atoms with E-state index in [1.165, 1.54) is 12.1 Å². The Labute approximate surface area is 172 Å². The summed E-state index contributed by atoms with van der Waals surface area (Å²) in [6.45, 7) is 0. The molecule has 0 saturated heterocycles. The molecule has 0 aromatic heterocycles. The molecule has 0 saturated carbocycles. The van der Waals surface area contributed by atoms with Gasteiger partial charge in [0.15, 0.2) is 0 Å². The van der Waals surface area contributed by atoms with Crippen LogP contribution in [0, 0.1) is 0 Å². The second-order valence-electron chi connectivity index (χ2n) is 7.35. The van der Waals surface area contributed by atoms with Crippen LogP contribution in [0.25, 0.3) is 0 Å². The topological polar surface area (TPSA) is 17.1 Å². The summed E-state index contributed by atoms with van der Waals surface area (Å²) < 4.78 is 76.2. The molecule has 0 atom stereocenters. The first-order chi connectivity index (χ1) is 14.1. The van der Waals surface area contributed by atoms with Crippen molar-refractivity contribution in [2.24, 2.45) is 0 Å². The third kappa shape index (κ3) is 8.20. The largest absolute Gasteiger partial charge is 0.416 e. The standard InChI is InChI=1S/C23H24F6O/c24-22(25,26)19-11-5-9-17(15-19)7-1-3-13-21(30)14-4-2-8-18-10-6-12-20(16-18)23(27,28)29/h5-6,9-12,15-16H,1-4,7-8,13-14H2. The lowest BCUT2D eigenvalue weighted by atomic mass is 10.0. The monoisotopic (exact) mass is 430 g/mol. The molecule has 164 valence electrons. The van der Waals surface area contributed by atoms with Crippen molar-refractivity contribution in [3.63, 3.8) is 0 Å². The minimum Gasteiger partial charge on any atom is -0.300 e. The van der Waals surface area contributed by atoms with E-state index in [9.17, 15) is 31.1 Å². The SMILES string of the molecule is O=C(CCCCc1cccc(C(F)(F)F)c1)CCCCc1cccc(C(F)(F)F)c1. The van der Waals surface area contributed by atoms with Gasteiger partial charge in [0.25, 0.3) is 0 Å². The van der Waals surface area contributed by atoms with E-state index < -0.39 is 23.5 Å². The number of hydrogen-bond acceptors (Lipinski definition) is 1. The van der Waals surface area contributed by atoms with E-state index in [0.29, 0.717) is 62.5 Å². The van der Waals surface area contributed by atoms with Crippen molar-refractivity contribution in [1.82, 2.24) is 0 Å². The highest BCUT2D eigenvalue weighted by Gasteiger charge is 2.31. The van der Waals surface area contributed by atoms with E-state index in [1.54, 1.807) is 12.1 Å². The van der Waals surface area contributed by atoms with Gasteiger partial charge in [0.05, 0.1) is 11.1 Å². The Hall–Kier alpha value is -2.31. The smallest absolute Gasteiger partial charge is 0.300 e. The minimum absolute atomic E-state index is 0.0723. The fraction of sp³-hybridized carbons (Fsp3) is 0.435. The summed E-state index contributed by atoms with van der Waals surface area (Å²) >= 11 is 0. The van der Waals surface area contributed by atoms with Crippen LogP contribution in [0.3, 0.4) is 0 Å². The summed E-state index contributed by atoms with van der Waals surface area (Å²) in [6.07, 6.45) is -4.59. The molecule has 0 aliphatic rings. The van der Waals surface area contributed by atoms with Crippen LogP contribution in [-0.4, -0.2) is 5.78 Å². The maximum absolute atomic E-state index is 12.7. The minimum atomic E-state index is -4.36. The van der Waals surface area contributed by atoms with E-state index in [4.69, 9.17) is 0 Å². The number of carbonyl (C=O) groups is 1. The predicted molar refractivity (Wildman–Crippen MR) is 103 cm³/mol. The van der Waals surface area contributed by atoms with Crippen LogP contribution in [0.5, 0.6) is 0 Å². The van der Waals surface area contributed by atoms with Gasteiger partial charge in [0.2, 0.25) is 0 Å². The Balaban J connectivity index is 1.63. The second-order valence-corrected chi connectivity index (χ2v) is 7.35. The van der Waals surface area contributed by atoms with E-state index in [2.05, 4.69) is 0 Å². The highest BCUT2D eigenvalue weighted by Crippen LogP contribution is 2.30. The van der Waals surface area contributed by atoms with E-state index in [1.807, 2.05) is 0 Å². The zero-order valence-corrected chi connectivity index (χ0v) is 16.5. The Bertz CT molecular complexity index is 755. The van der Waals surface area contributed by atoms with Crippen molar-refractivity contribution in [1.29, 1.82) is 0 Å². The van der Waals surface area contributed by atoms with Gasteiger partial charge in [-0.1, -0.05) is 36.4 Å². The van der Waals surface area contributed by atoms with Gasteiger partial charge in [0, 0.05) is 12.8 Å². The molecule has 0 bridgehead atoms. The summed E-state index contributed by atoms with van der Waals surface area (Å²) in [5, 5.41) is 0. The molecule has 2 rings (SSSR count). The van der Waals surface area contributed by atoms with Gasteiger partial charge in [-0.05, 0) is 61.8 Å². The average molecular weight is 430 g/mol. The average Bonchev–Trinajstić information content (AvgIpc) is 2.68. The predicted octanol–water partition coefficient (Wildman–Crippen LogP) is 7.42. The molecule has 30 heavy (non-hydrogen) atoms. The number of aryl methyl sites for hydroxylation is 2. The molecule has 0 amide bonds. The lowest BCUT2D eigenvalue weighted by Gasteiger charge is -2.09. The van der Waals surface area contributed by atoms with Crippen LogP contribution < -0.4 is 0 Å². The number of Topliss-reactive ketones (excluding diaryl/α,β-unsaturated/α-hetero) is 1. The van der Waals surface area contributed by atoms with Crippen LogP contribution in [0.4, 0.5) is 26.3 Å². The van der Waals surface area contributed by atoms with Gasteiger partial charge < -0.3 is 0 Å². The molecule has 0 heterocycles. The number of ketones is 1. The summed E-state index contributed by atoms with van der Waals surface area (Å²) in [5.74, 6) is 0.0723. The van der Waals surface area contributed by atoms with E-state index >= 15 is 0 Å². The maximum Gasteiger partial charge on any atom is 0.416 e. The molecule has 1 nitrogen and oxygen atoms in total.